The summed E-state index contributed by atoms with van der Waals surface area (Å²) >= 11 is 0. The first-order chi connectivity index (χ1) is 16.9. The minimum atomic E-state index is -0.517. The summed E-state index contributed by atoms with van der Waals surface area (Å²) in [7, 11) is 0. The molecule has 182 valence electrons. The van der Waals surface area contributed by atoms with Crippen molar-refractivity contribution in [2.45, 2.75) is 44.4 Å². The Morgan fingerprint density at radius 2 is 1.57 bits per heavy atom. The fraction of sp³-hybridized carbons (Fsp3) is 0.259. The van der Waals surface area contributed by atoms with Gasteiger partial charge in [0.25, 0.3) is 5.91 Å². The normalized spacial score (nSPS) is 17.4. The standard InChI is InChI=1S/C27H30N4O4/c28-20-6-8-22(9-7-20)31-27(33)19-13-24(34-16-17-2-1-3-21(29)12-17)15-25(14-19)35-23-10-4-18(5-11-23)26(30)32/h1-5,10-15,20,22H,6-9,16,28-29H2,(H2,30,32)(H,31,33). The monoisotopic (exact) mass is 474 g/mol. The van der Waals surface area contributed by atoms with Gasteiger partial charge in [-0.3, -0.25) is 9.59 Å². The number of hydrogen-bond acceptors (Lipinski definition) is 6. The predicted octanol–water partition coefficient (Wildman–Crippen LogP) is 3.74. The van der Waals surface area contributed by atoms with E-state index in [1.165, 1.54) is 0 Å². The molecule has 0 heterocycles. The third-order valence-electron chi connectivity index (χ3n) is 5.98. The van der Waals surface area contributed by atoms with Gasteiger partial charge in [0.2, 0.25) is 5.91 Å². The SMILES string of the molecule is NC(=O)c1ccc(Oc2cc(OCc3cccc(N)c3)cc(C(=O)NC3CCC(N)CC3)c2)cc1. The Bertz CT molecular complexity index is 1190. The fourth-order valence-corrected chi connectivity index (χ4v) is 4.05. The van der Waals surface area contributed by atoms with Crippen LogP contribution in [-0.4, -0.2) is 23.9 Å². The van der Waals surface area contributed by atoms with E-state index in [4.69, 9.17) is 26.7 Å². The van der Waals surface area contributed by atoms with Crippen LogP contribution in [0.25, 0.3) is 0 Å². The van der Waals surface area contributed by atoms with Crippen LogP contribution in [-0.2, 0) is 6.61 Å². The van der Waals surface area contributed by atoms with Crippen molar-refractivity contribution in [2.24, 2.45) is 11.5 Å². The highest BCUT2D eigenvalue weighted by molar-refractivity contribution is 5.95. The van der Waals surface area contributed by atoms with Gasteiger partial charge in [0, 0.05) is 35.0 Å². The molecule has 0 spiro atoms. The molecule has 8 nitrogen and oxygen atoms in total. The van der Waals surface area contributed by atoms with E-state index in [9.17, 15) is 9.59 Å². The van der Waals surface area contributed by atoms with Gasteiger partial charge in [0.05, 0.1) is 0 Å². The van der Waals surface area contributed by atoms with Gasteiger partial charge in [-0.05, 0) is 79.8 Å². The lowest BCUT2D eigenvalue weighted by atomic mass is 9.91. The molecule has 1 aliphatic carbocycles. The Morgan fingerprint density at radius 3 is 2.26 bits per heavy atom. The molecule has 3 aromatic rings. The Labute approximate surface area is 204 Å². The van der Waals surface area contributed by atoms with Gasteiger partial charge in [0.15, 0.2) is 0 Å². The molecule has 2 amide bonds. The molecule has 0 aromatic heterocycles. The predicted molar refractivity (Wildman–Crippen MR) is 134 cm³/mol. The second kappa shape index (κ2) is 10.9. The van der Waals surface area contributed by atoms with Gasteiger partial charge >= 0.3 is 0 Å². The Hall–Kier alpha value is -4.04. The molecule has 0 aliphatic heterocycles. The number of ether oxygens (including phenoxy) is 2. The van der Waals surface area contributed by atoms with Crippen molar-refractivity contribution in [2.75, 3.05) is 5.73 Å². The molecule has 0 unspecified atom stereocenters. The average Bonchev–Trinajstić information content (AvgIpc) is 2.84. The Morgan fingerprint density at radius 1 is 0.857 bits per heavy atom. The van der Waals surface area contributed by atoms with E-state index in [1.807, 2.05) is 24.3 Å². The molecule has 8 heteroatoms. The first kappa shape index (κ1) is 24.1. The number of nitrogens with two attached hydrogens (primary N) is 3. The Kier molecular flexibility index (Phi) is 7.52. The number of amides is 2. The Balaban J connectivity index is 1.54. The molecule has 1 fully saturated rings. The quantitative estimate of drug-likeness (QED) is 0.366. The minimum Gasteiger partial charge on any atom is -0.489 e. The zero-order valence-electron chi connectivity index (χ0n) is 19.4. The van der Waals surface area contributed by atoms with Crippen molar-refractivity contribution >= 4 is 17.5 Å². The summed E-state index contributed by atoms with van der Waals surface area (Å²) in [5.41, 5.74) is 19.5. The first-order valence-corrected chi connectivity index (χ1v) is 11.6. The van der Waals surface area contributed by atoms with Gasteiger partial charge in [-0.25, -0.2) is 0 Å². The molecule has 1 aliphatic rings. The van der Waals surface area contributed by atoms with Crippen LogP contribution in [0, 0.1) is 0 Å². The van der Waals surface area contributed by atoms with Crippen LogP contribution >= 0.6 is 0 Å². The van der Waals surface area contributed by atoms with E-state index < -0.39 is 5.91 Å². The summed E-state index contributed by atoms with van der Waals surface area (Å²) in [5.74, 6) is 0.688. The van der Waals surface area contributed by atoms with Crippen LogP contribution in [0.2, 0.25) is 0 Å². The molecule has 1 saturated carbocycles. The lowest BCUT2D eigenvalue weighted by molar-refractivity contribution is 0.0924. The van der Waals surface area contributed by atoms with Crippen LogP contribution in [0.15, 0.2) is 66.7 Å². The molecule has 35 heavy (non-hydrogen) atoms. The first-order valence-electron chi connectivity index (χ1n) is 11.6. The summed E-state index contributed by atoms with van der Waals surface area (Å²) in [6.07, 6.45) is 3.50. The van der Waals surface area contributed by atoms with Crippen molar-refractivity contribution in [3.63, 3.8) is 0 Å². The zero-order chi connectivity index (χ0) is 24.8. The highest BCUT2D eigenvalue weighted by Gasteiger charge is 2.21. The molecular formula is C27H30N4O4. The largest absolute Gasteiger partial charge is 0.489 e. The smallest absolute Gasteiger partial charge is 0.251 e. The highest BCUT2D eigenvalue weighted by Crippen LogP contribution is 2.29. The van der Waals surface area contributed by atoms with Crippen LogP contribution < -0.4 is 32.0 Å². The van der Waals surface area contributed by atoms with E-state index in [0.717, 1.165) is 31.2 Å². The van der Waals surface area contributed by atoms with Crippen LogP contribution in [0.1, 0.15) is 52.0 Å². The fourth-order valence-electron chi connectivity index (χ4n) is 4.05. The van der Waals surface area contributed by atoms with Crippen molar-refractivity contribution in [3.05, 3.63) is 83.4 Å². The summed E-state index contributed by atoms with van der Waals surface area (Å²) in [6.45, 7) is 0.281. The van der Waals surface area contributed by atoms with Crippen molar-refractivity contribution in [3.8, 4) is 17.2 Å². The average molecular weight is 475 g/mol. The molecular weight excluding hydrogens is 444 g/mol. The van der Waals surface area contributed by atoms with Crippen molar-refractivity contribution in [1.29, 1.82) is 0 Å². The third kappa shape index (κ3) is 6.74. The maximum absolute atomic E-state index is 13.1. The zero-order valence-corrected chi connectivity index (χ0v) is 19.4. The molecule has 0 radical (unpaired) electrons. The number of nitrogen functional groups attached to an aromatic ring is 1. The molecule has 3 aromatic carbocycles. The molecule has 4 rings (SSSR count). The number of hydrogen-bond donors (Lipinski definition) is 4. The number of carbonyl (C=O) groups is 2. The van der Waals surface area contributed by atoms with E-state index in [-0.39, 0.29) is 24.6 Å². The highest BCUT2D eigenvalue weighted by atomic mass is 16.5. The van der Waals surface area contributed by atoms with E-state index in [1.54, 1.807) is 42.5 Å². The van der Waals surface area contributed by atoms with Crippen molar-refractivity contribution in [1.82, 2.24) is 5.32 Å². The summed E-state index contributed by atoms with van der Waals surface area (Å²) in [4.78, 5) is 24.4. The van der Waals surface area contributed by atoms with Gasteiger partial charge in [-0.15, -0.1) is 0 Å². The van der Waals surface area contributed by atoms with Gasteiger partial charge < -0.3 is 32.0 Å². The maximum atomic E-state index is 13.1. The third-order valence-corrected chi connectivity index (χ3v) is 5.98. The molecule has 0 saturated heterocycles. The minimum absolute atomic E-state index is 0.0879. The van der Waals surface area contributed by atoms with E-state index in [0.29, 0.717) is 34.1 Å². The number of carbonyl (C=O) groups excluding carboxylic acids is 2. The van der Waals surface area contributed by atoms with E-state index in [2.05, 4.69) is 5.32 Å². The van der Waals surface area contributed by atoms with Crippen LogP contribution in [0.5, 0.6) is 17.2 Å². The maximum Gasteiger partial charge on any atom is 0.251 e. The van der Waals surface area contributed by atoms with Gasteiger partial charge in [0.1, 0.15) is 23.9 Å². The lowest BCUT2D eigenvalue weighted by Gasteiger charge is -2.26. The number of primary amides is 1. The topological polar surface area (TPSA) is 143 Å². The number of benzene rings is 3. The van der Waals surface area contributed by atoms with Crippen molar-refractivity contribution < 1.29 is 19.1 Å². The van der Waals surface area contributed by atoms with Gasteiger partial charge in [-0.1, -0.05) is 12.1 Å². The summed E-state index contributed by atoms with van der Waals surface area (Å²) < 4.78 is 11.9. The lowest BCUT2D eigenvalue weighted by Crippen LogP contribution is -2.40. The molecule has 7 N–H and O–H groups in total. The van der Waals surface area contributed by atoms with Crippen LogP contribution in [0.4, 0.5) is 5.69 Å². The molecule has 0 atom stereocenters. The summed E-state index contributed by atoms with van der Waals surface area (Å²) in [6, 6.07) is 19.2. The number of rotatable bonds is 8. The number of nitrogens with one attached hydrogen (secondary N) is 1. The van der Waals surface area contributed by atoms with Gasteiger partial charge in [-0.2, -0.15) is 0 Å². The van der Waals surface area contributed by atoms with Crippen LogP contribution in [0.3, 0.4) is 0 Å². The second-order valence-electron chi connectivity index (χ2n) is 8.80. The number of anilines is 1. The molecule has 0 bridgehead atoms. The van der Waals surface area contributed by atoms with E-state index >= 15 is 0 Å². The second-order valence-corrected chi connectivity index (χ2v) is 8.80. The summed E-state index contributed by atoms with van der Waals surface area (Å²) in [5, 5.41) is 3.10.